The zero-order valence-corrected chi connectivity index (χ0v) is 13.1. The number of carbonyl (C=O) groups is 2. The lowest BCUT2D eigenvalue weighted by Crippen LogP contribution is -2.43. The number of rotatable bonds is 6. The van der Waals surface area contributed by atoms with Crippen LogP contribution >= 0.6 is 0 Å². The minimum Gasteiger partial charge on any atom is -0.467 e. The predicted molar refractivity (Wildman–Crippen MR) is 82.7 cm³/mol. The molecule has 1 aromatic heterocycles. The number of hydrogen-bond acceptors (Lipinski definition) is 5. The molecule has 1 aromatic carbocycles. The van der Waals surface area contributed by atoms with Crippen molar-refractivity contribution in [3.63, 3.8) is 0 Å². The predicted octanol–water partition coefficient (Wildman–Crippen LogP) is 2.60. The van der Waals surface area contributed by atoms with E-state index in [-0.39, 0.29) is 13.0 Å². The van der Waals surface area contributed by atoms with E-state index >= 15 is 0 Å². The molecule has 1 unspecified atom stereocenters. The number of amides is 1. The quantitative estimate of drug-likeness (QED) is 0.829. The van der Waals surface area contributed by atoms with Crippen molar-refractivity contribution in [2.45, 2.75) is 26.0 Å². The summed E-state index contributed by atoms with van der Waals surface area (Å²) in [5.41, 5.74) is 0.860. The van der Waals surface area contributed by atoms with Crippen molar-refractivity contribution >= 4 is 12.1 Å². The number of carbonyl (C=O) groups excluding carboxylic acids is 2. The fraction of sp³-hybridized carbons (Fsp3) is 0.294. The Morgan fingerprint density at radius 3 is 2.52 bits per heavy atom. The van der Waals surface area contributed by atoms with Crippen molar-refractivity contribution < 1.29 is 23.5 Å². The molecule has 1 atom stereocenters. The molecule has 2 aromatic rings. The zero-order valence-electron chi connectivity index (χ0n) is 13.1. The molecule has 0 radical (unpaired) electrons. The van der Waals surface area contributed by atoms with Gasteiger partial charge >= 0.3 is 12.1 Å². The molecular formula is C17H19NO5. The molecule has 23 heavy (non-hydrogen) atoms. The normalized spacial score (nSPS) is 11.6. The first kappa shape index (κ1) is 16.6. The molecular weight excluding hydrogens is 298 g/mol. The maximum Gasteiger partial charge on any atom is 0.408 e. The smallest absolute Gasteiger partial charge is 0.408 e. The Labute approximate surface area is 134 Å². The number of benzene rings is 1. The van der Waals surface area contributed by atoms with Crippen LogP contribution in [0, 0.1) is 6.92 Å². The molecule has 6 heteroatoms. The van der Waals surface area contributed by atoms with E-state index in [0.29, 0.717) is 5.76 Å². The van der Waals surface area contributed by atoms with Crippen molar-refractivity contribution in [3.05, 3.63) is 59.5 Å². The van der Waals surface area contributed by atoms with E-state index in [1.165, 1.54) is 7.11 Å². The number of aryl methyl sites for hydroxylation is 1. The molecule has 6 nitrogen and oxygen atoms in total. The van der Waals surface area contributed by atoms with Crippen molar-refractivity contribution in [2.75, 3.05) is 7.11 Å². The molecule has 2 rings (SSSR count). The van der Waals surface area contributed by atoms with Crippen LogP contribution < -0.4 is 5.32 Å². The summed E-state index contributed by atoms with van der Waals surface area (Å²) in [7, 11) is 1.26. The molecule has 1 amide bonds. The van der Waals surface area contributed by atoms with Gasteiger partial charge in [-0.2, -0.15) is 0 Å². The lowest BCUT2D eigenvalue weighted by Gasteiger charge is -2.15. The zero-order chi connectivity index (χ0) is 16.7. The first-order chi connectivity index (χ1) is 11.1. The molecule has 0 spiro atoms. The average molecular weight is 317 g/mol. The van der Waals surface area contributed by atoms with Crippen molar-refractivity contribution in [1.82, 2.24) is 5.32 Å². The topological polar surface area (TPSA) is 77.8 Å². The van der Waals surface area contributed by atoms with E-state index in [2.05, 4.69) is 5.32 Å². The van der Waals surface area contributed by atoms with Crippen LogP contribution in [-0.4, -0.2) is 25.2 Å². The lowest BCUT2D eigenvalue weighted by molar-refractivity contribution is -0.143. The highest BCUT2D eigenvalue weighted by atomic mass is 16.6. The summed E-state index contributed by atoms with van der Waals surface area (Å²) in [6.07, 6.45) is -0.492. The number of furan rings is 1. The Morgan fingerprint density at radius 1 is 1.17 bits per heavy atom. The molecule has 0 aliphatic rings. The van der Waals surface area contributed by atoms with E-state index in [1.807, 2.05) is 30.3 Å². The van der Waals surface area contributed by atoms with Gasteiger partial charge in [0.15, 0.2) is 0 Å². The maximum absolute atomic E-state index is 11.9. The lowest BCUT2D eigenvalue weighted by atomic mass is 10.2. The second-order valence-electron chi connectivity index (χ2n) is 5.00. The summed E-state index contributed by atoms with van der Waals surface area (Å²) in [6.45, 7) is 1.93. The highest BCUT2D eigenvalue weighted by Crippen LogP contribution is 2.10. The van der Waals surface area contributed by atoms with E-state index in [1.54, 1.807) is 19.1 Å². The van der Waals surface area contributed by atoms with E-state index < -0.39 is 18.1 Å². The van der Waals surface area contributed by atoms with Gasteiger partial charge in [-0.15, -0.1) is 0 Å². The number of nitrogens with one attached hydrogen (secondary N) is 1. The van der Waals surface area contributed by atoms with Gasteiger partial charge in [-0.05, 0) is 24.6 Å². The van der Waals surface area contributed by atoms with E-state index in [4.69, 9.17) is 13.9 Å². The van der Waals surface area contributed by atoms with E-state index in [9.17, 15) is 9.59 Å². The highest BCUT2D eigenvalue weighted by molar-refractivity contribution is 5.81. The Kier molecular flexibility index (Phi) is 5.80. The number of hydrogen-bond donors (Lipinski definition) is 1. The minimum atomic E-state index is -0.867. The van der Waals surface area contributed by atoms with Gasteiger partial charge in [-0.25, -0.2) is 9.59 Å². The summed E-state index contributed by atoms with van der Waals surface area (Å²) < 4.78 is 15.2. The fourth-order valence-electron chi connectivity index (χ4n) is 2.04. The molecule has 0 aliphatic carbocycles. The summed E-state index contributed by atoms with van der Waals surface area (Å²) in [4.78, 5) is 23.7. The standard InChI is InChI=1S/C17H19NO5/c1-12-8-9-14(23-12)10-15(16(19)21-2)18-17(20)22-11-13-6-4-3-5-7-13/h3-9,15H,10-11H2,1-2H3,(H,18,20). The third kappa shape index (κ3) is 5.18. The largest absolute Gasteiger partial charge is 0.467 e. The third-order valence-corrected chi connectivity index (χ3v) is 3.19. The van der Waals surface area contributed by atoms with E-state index in [0.717, 1.165) is 11.3 Å². The van der Waals surface area contributed by atoms with Crippen LogP contribution in [0.3, 0.4) is 0 Å². The van der Waals surface area contributed by atoms with Crippen LogP contribution in [0.2, 0.25) is 0 Å². The minimum absolute atomic E-state index is 0.125. The first-order valence-corrected chi connectivity index (χ1v) is 7.19. The Morgan fingerprint density at radius 2 is 1.91 bits per heavy atom. The van der Waals surface area contributed by atoms with Gasteiger partial charge < -0.3 is 19.2 Å². The number of alkyl carbamates (subject to hydrolysis) is 1. The van der Waals surface area contributed by atoms with Crippen LogP contribution in [0.5, 0.6) is 0 Å². The maximum atomic E-state index is 11.9. The summed E-state index contributed by atoms with van der Waals surface area (Å²) in [5.74, 6) is 0.757. The van der Waals surface area contributed by atoms with Crippen LogP contribution in [0.4, 0.5) is 4.79 Å². The van der Waals surface area contributed by atoms with Crippen LogP contribution in [0.25, 0.3) is 0 Å². The highest BCUT2D eigenvalue weighted by Gasteiger charge is 2.24. The molecule has 0 bridgehead atoms. The molecule has 1 heterocycles. The first-order valence-electron chi connectivity index (χ1n) is 7.19. The van der Waals surface area contributed by atoms with Gasteiger partial charge in [0.2, 0.25) is 0 Å². The monoisotopic (exact) mass is 317 g/mol. The summed E-state index contributed by atoms with van der Waals surface area (Å²) in [5, 5.41) is 2.50. The fourth-order valence-corrected chi connectivity index (χ4v) is 2.04. The van der Waals surface area contributed by atoms with Gasteiger partial charge in [0.1, 0.15) is 24.2 Å². The average Bonchev–Trinajstić information content (AvgIpc) is 2.97. The van der Waals surface area contributed by atoms with Crippen LogP contribution in [-0.2, 0) is 27.3 Å². The Balaban J connectivity index is 1.91. The van der Waals surface area contributed by atoms with Gasteiger partial charge in [0, 0.05) is 6.42 Å². The number of ether oxygens (including phenoxy) is 2. The molecule has 0 aliphatic heterocycles. The summed E-state index contributed by atoms with van der Waals surface area (Å²) in [6, 6.07) is 11.9. The molecule has 0 saturated heterocycles. The molecule has 1 N–H and O–H groups in total. The van der Waals surface area contributed by atoms with Crippen molar-refractivity contribution in [3.8, 4) is 0 Å². The third-order valence-electron chi connectivity index (χ3n) is 3.19. The van der Waals surface area contributed by atoms with Crippen molar-refractivity contribution in [2.24, 2.45) is 0 Å². The van der Waals surface area contributed by atoms with Gasteiger partial charge in [-0.3, -0.25) is 0 Å². The van der Waals surface area contributed by atoms with Crippen molar-refractivity contribution in [1.29, 1.82) is 0 Å². The number of methoxy groups -OCH3 is 1. The number of esters is 1. The molecule has 0 fully saturated rings. The Bertz CT molecular complexity index is 650. The Hall–Kier alpha value is -2.76. The van der Waals surface area contributed by atoms with Gasteiger partial charge in [0.25, 0.3) is 0 Å². The molecule has 0 saturated carbocycles. The van der Waals surface area contributed by atoms with Gasteiger partial charge in [-0.1, -0.05) is 30.3 Å². The van der Waals surface area contributed by atoms with Crippen LogP contribution in [0.15, 0.2) is 46.9 Å². The van der Waals surface area contributed by atoms with Gasteiger partial charge in [0.05, 0.1) is 7.11 Å². The second kappa shape index (κ2) is 8.03. The van der Waals surface area contributed by atoms with Crippen LogP contribution in [0.1, 0.15) is 17.1 Å². The summed E-state index contributed by atoms with van der Waals surface area (Å²) >= 11 is 0. The molecule has 122 valence electrons. The second-order valence-corrected chi connectivity index (χ2v) is 5.00. The SMILES string of the molecule is COC(=O)C(Cc1ccc(C)o1)NC(=O)OCc1ccccc1.